The van der Waals surface area contributed by atoms with Crippen LogP contribution in [-0.2, 0) is 9.31 Å². The van der Waals surface area contributed by atoms with Crippen LogP contribution in [0.25, 0.3) is 0 Å². The average molecular weight is 334 g/mol. The van der Waals surface area contributed by atoms with E-state index in [-0.39, 0.29) is 17.5 Å². The summed E-state index contributed by atoms with van der Waals surface area (Å²) < 4.78 is 26.3. The molecule has 0 unspecified atom stereocenters. The number of nitrogens with zero attached hydrogens (tertiary/aromatic N) is 1. The van der Waals surface area contributed by atoms with Crippen LogP contribution >= 0.6 is 0 Å². The summed E-state index contributed by atoms with van der Waals surface area (Å²) in [5, 5.41) is 0. The summed E-state index contributed by atoms with van der Waals surface area (Å²) >= 11 is 0. The molecule has 2 aliphatic rings. The van der Waals surface area contributed by atoms with Crippen molar-refractivity contribution >= 4 is 18.5 Å². The van der Waals surface area contributed by atoms with Gasteiger partial charge >= 0.3 is 7.12 Å². The molecule has 1 amide bonds. The molecule has 2 saturated heterocycles. The molecule has 5 nitrogen and oxygen atoms in total. The monoisotopic (exact) mass is 334 g/mol. The van der Waals surface area contributed by atoms with E-state index in [9.17, 15) is 9.18 Å². The Balaban J connectivity index is 1.80. The fourth-order valence-electron chi connectivity index (χ4n) is 2.97. The Hall–Kier alpha value is -1.44. The third kappa shape index (κ3) is 2.96. The molecule has 0 spiro atoms. The smallest absolute Gasteiger partial charge is 0.399 e. The summed E-state index contributed by atoms with van der Waals surface area (Å²) in [4.78, 5) is 14.0. The minimum atomic E-state index is -0.645. The number of rotatable bonds is 2. The largest absolute Gasteiger partial charge is 0.494 e. The van der Waals surface area contributed by atoms with Crippen LogP contribution in [0.1, 0.15) is 44.5 Å². The Morgan fingerprint density at radius 3 is 2.42 bits per heavy atom. The number of nitrogens with two attached hydrogens (primary N) is 1. The second kappa shape index (κ2) is 5.83. The second-order valence-electron chi connectivity index (χ2n) is 7.63. The van der Waals surface area contributed by atoms with Gasteiger partial charge in [0.05, 0.1) is 16.8 Å². The summed E-state index contributed by atoms with van der Waals surface area (Å²) in [5.41, 5.74) is 5.46. The summed E-state index contributed by atoms with van der Waals surface area (Å²) in [6.07, 6.45) is 0.749. The molecule has 130 valence electrons. The lowest BCUT2D eigenvalue weighted by Crippen LogP contribution is -2.41. The maximum Gasteiger partial charge on any atom is 0.494 e. The van der Waals surface area contributed by atoms with Crippen molar-refractivity contribution in [3.63, 3.8) is 0 Å². The number of hydrogen-bond acceptors (Lipinski definition) is 4. The van der Waals surface area contributed by atoms with E-state index in [2.05, 4.69) is 0 Å². The number of likely N-dealkylation sites (tertiary alicyclic amines) is 1. The number of halogens is 1. The predicted octanol–water partition coefficient (Wildman–Crippen LogP) is 1.30. The second-order valence-corrected chi connectivity index (χ2v) is 7.63. The molecule has 2 fully saturated rings. The highest BCUT2D eigenvalue weighted by Crippen LogP contribution is 2.36. The topological polar surface area (TPSA) is 64.8 Å². The van der Waals surface area contributed by atoms with E-state index in [4.69, 9.17) is 15.0 Å². The van der Waals surface area contributed by atoms with Gasteiger partial charge < -0.3 is 19.9 Å². The van der Waals surface area contributed by atoms with Crippen molar-refractivity contribution < 1.29 is 18.5 Å². The molecule has 3 rings (SSSR count). The minimum absolute atomic E-state index is 0.0268. The number of carbonyl (C=O) groups excluding carboxylic acids is 1. The van der Waals surface area contributed by atoms with Crippen LogP contribution in [0.3, 0.4) is 0 Å². The predicted molar refractivity (Wildman–Crippen MR) is 90.6 cm³/mol. The molecule has 2 heterocycles. The van der Waals surface area contributed by atoms with Gasteiger partial charge in [-0.05, 0) is 51.7 Å². The average Bonchev–Trinajstić information content (AvgIpc) is 3.00. The first kappa shape index (κ1) is 17.4. The van der Waals surface area contributed by atoms with Crippen molar-refractivity contribution in [3.8, 4) is 0 Å². The van der Waals surface area contributed by atoms with Crippen molar-refractivity contribution in [1.29, 1.82) is 0 Å². The molecule has 0 aromatic heterocycles. The lowest BCUT2D eigenvalue weighted by atomic mass is 9.78. The molecule has 2 N–H and O–H groups in total. The third-order valence-electron chi connectivity index (χ3n) is 5.26. The van der Waals surface area contributed by atoms with E-state index in [1.165, 1.54) is 12.1 Å². The molecule has 0 saturated carbocycles. The molecule has 1 atom stereocenters. The van der Waals surface area contributed by atoms with E-state index >= 15 is 0 Å². The molecule has 0 aliphatic carbocycles. The number of carbonyl (C=O) groups is 1. The van der Waals surface area contributed by atoms with Gasteiger partial charge in [0.25, 0.3) is 5.91 Å². The van der Waals surface area contributed by atoms with Crippen LogP contribution in [0.5, 0.6) is 0 Å². The molecule has 2 aliphatic heterocycles. The van der Waals surface area contributed by atoms with Crippen LogP contribution in [0.15, 0.2) is 18.2 Å². The number of benzene rings is 1. The standard InChI is InChI=1S/C17H24BFN2O3/c1-16(2)17(3,4)24-18(23-16)11-5-6-13(14(19)9-11)15(22)21-8-7-12(20)10-21/h5-6,9,12H,7-8,10,20H2,1-4H3/t12-/m1/s1. The molecule has 0 bridgehead atoms. The molecular formula is C17H24BFN2O3. The highest BCUT2D eigenvalue weighted by molar-refractivity contribution is 6.62. The molecule has 1 aromatic rings. The summed E-state index contributed by atoms with van der Waals surface area (Å²) in [6, 6.07) is 4.49. The SMILES string of the molecule is CC1(C)OB(c2ccc(C(=O)N3CC[C@@H](N)C3)c(F)c2)OC1(C)C. The Morgan fingerprint density at radius 2 is 1.92 bits per heavy atom. The third-order valence-corrected chi connectivity index (χ3v) is 5.26. The van der Waals surface area contributed by atoms with Crippen molar-refractivity contribution in [2.75, 3.05) is 13.1 Å². The Labute approximate surface area is 142 Å². The summed E-state index contributed by atoms with van der Waals surface area (Å²) in [7, 11) is -0.645. The van der Waals surface area contributed by atoms with Gasteiger partial charge in [-0.15, -0.1) is 0 Å². The lowest BCUT2D eigenvalue weighted by Gasteiger charge is -2.32. The van der Waals surface area contributed by atoms with Gasteiger partial charge in [0.2, 0.25) is 0 Å². The van der Waals surface area contributed by atoms with Gasteiger partial charge in [0, 0.05) is 19.1 Å². The van der Waals surface area contributed by atoms with Gasteiger partial charge in [-0.3, -0.25) is 4.79 Å². The van der Waals surface area contributed by atoms with E-state index in [1.807, 2.05) is 27.7 Å². The Bertz CT molecular complexity index is 649. The fraction of sp³-hybridized carbons (Fsp3) is 0.588. The Kier molecular flexibility index (Phi) is 4.22. The Morgan fingerprint density at radius 1 is 1.29 bits per heavy atom. The first-order chi connectivity index (χ1) is 11.1. The normalized spacial score (nSPS) is 25.3. The van der Waals surface area contributed by atoms with Crippen LogP contribution in [-0.4, -0.2) is 48.3 Å². The number of hydrogen-bond donors (Lipinski definition) is 1. The molecular weight excluding hydrogens is 310 g/mol. The van der Waals surface area contributed by atoms with Crippen LogP contribution < -0.4 is 11.2 Å². The summed E-state index contributed by atoms with van der Waals surface area (Å²) in [5.74, 6) is -0.881. The van der Waals surface area contributed by atoms with Gasteiger partial charge in [-0.1, -0.05) is 6.07 Å². The van der Waals surface area contributed by atoms with Gasteiger partial charge in [-0.25, -0.2) is 4.39 Å². The zero-order chi connectivity index (χ0) is 17.7. The van der Waals surface area contributed by atoms with E-state index in [0.29, 0.717) is 18.6 Å². The lowest BCUT2D eigenvalue weighted by molar-refractivity contribution is 0.00578. The zero-order valence-corrected chi connectivity index (χ0v) is 14.6. The maximum absolute atomic E-state index is 14.5. The maximum atomic E-state index is 14.5. The number of amides is 1. The van der Waals surface area contributed by atoms with Gasteiger partial charge in [0.1, 0.15) is 5.82 Å². The zero-order valence-electron chi connectivity index (χ0n) is 14.6. The van der Waals surface area contributed by atoms with Gasteiger partial charge in [0.15, 0.2) is 0 Å². The molecule has 0 radical (unpaired) electrons. The van der Waals surface area contributed by atoms with Crippen LogP contribution in [0, 0.1) is 5.82 Å². The molecule has 7 heteroatoms. The van der Waals surface area contributed by atoms with Crippen LogP contribution in [0.2, 0.25) is 0 Å². The minimum Gasteiger partial charge on any atom is -0.399 e. The molecule has 24 heavy (non-hydrogen) atoms. The highest BCUT2D eigenvalue weighted by atomic mass is 19.1. The van der Waals surface area contributed by atoms with Gasteiger partial charge in [-0.2, -0.15) is 0 Å². The van der Waals surface area contributed by atoms with Crippen molar-refractivity contribution in [1.82, 2.24) is 4.90 Å². The van der Waals surface area contributed by atoms with E-state index < -0.39 is 24.1 Å². The highest BCUT2D eigenvalue weighted by Gasteiger charge is 2.51. The van der Waals surface area contributed by atoms with E-state index in [0.717, 1.165) is 6.42 Å². The van der Waals surface area contributed by atoms with E-state index in [1.54, 1.807) is 11.0 Å². The summed E-state index contributed by atoms with van der Waals surface area (Å²) in [6.45, 7) is 8.81. The van der Waals surface area contributed by atoms with Crippen molar-refractivity contribution in [2.45, 2.75) is 51.4 Å². The van der Waals surface area contributed by atoms with Crippen molar-refractivity contribution in [2.24, 2.45) is 5.73 Å². The first-order valence-corrected chi connectivity index (χ1v) is 8.31. The fourth-order valence-corrected chi connectivity index (χ4v) is 2.97. The van der Waals surface area contributed by atoms with Crippen molar-refractivity contribution in [3.05, 3.63) is 29.6 Å². The molecule has 1 aromatic carbocycles. The van der Waals surface area contributed by atoms with Crippen LogP contribution in [0.4, 0.5) is 4.39 Å². The first-order valence-electron chi connectivity index (χ1n) is 8.31. The quantitative estimate of drug-likeness (QED) is 0.828.